The van der Waals surface area contributed by atoms with Gasteiger partial charge in [-0.25, -0.2) is 0 Å². The van der Waals surface area contributed by atoms with E-state index in [1.807, 2.05) is 24.8 Å². The highest BCUT2D eigenvalue weighted by atomic mass is 127. The molecule has 1 N–H and O–H groups in total. The predicted molar refractivity (Wildman–Crippen MR) is 129 cm³/mol. The zero-order valence-corrected chi connectivity index (χ0v) is 20.5. The number of aliphatic imine (C=N–C) groups is 1. The summed E-state index contributed by atoms with van der Waals surface area (Å²) >= 11 is 0. The zero-order valence-electron chi connectivity index (χ0n) is 18.2. The second kappa shape index (κ2) is 10.8. The van der Waals surface area contributed by atoms with Crippen LogP contribution in [0.25, 0.3) is 0 Å². The largest absolute Gasteiger partial charge is 0.490 e. The lowest BCUT2D eigenvalue weighted by Crippen LogP contribution is -2.38. The summed E-state index contributed by atoms with van der Waals surface area (Å²) in [7, 11) is 5.85. The number of nitrogens with zero attached hydrogens (tertiary/aromatic N) is 4. The second-order valence-electron chi connectivity index (χ2n) is 7.90. The van der Waals surface area contributed by atoms with Crippen molar-refractivity contribution in [1.29, 1.82) is 0 Å². The van der Waals surface area contributed by atoms with Gasteiger partial charge in [0.2, 0.25) is 0 Å². The SMILES string of the molecule is CN=C(NCc1ccccc1OC1CCC1)N(C)Cc1cn(C)nc1C(C)C.I. The Morgan fingerprint density at radius 1 is 1.31 bits per heavy atom. The molecule has 1 fully saturated rings. The highest BCUT2D eigenvalue weighted by molar-refractivity contribution is 14.0. The summed E-state index contributed by atoms with van der Waals surface area (Å²) in [6.07, 6.45) is 6.07. The molecule has 6 nitrogen and oxygen atoms in total. The van der Waals surface area contributed by atoms with E-state index in [9.17, 15) is 0 Å². The van der Waals surface area contributed by atoms with Crippen LogP contribution in [0.15, 0.2) is 35.5 Å². The minimum Gasteiger partial charge on any atom is -0.490 e. The molecule has 160 valence electrons. The molecule has 3 rings (SSSR count). The summed E-state index contributed by atoms with van der Waals surface area (Å²) in [5.41, 5.74) is 3.54. The van der Waals surface area contributed by atoms with E-state index in [2.05, 4.69) is 65.6 Å². The van der Waals surface area contributed by atoms with Gasteiger partial charge >= 0.3 is 0 Å². The summed E-state index contributed by atoms with van der Waals surface area (Å²) < 4.78 is 8.04. The zero-order chi connectivity index (χ0) is 20.1. The molecule has 0 radical (unpaired) electrons. The van der Waals surface area contributed by atoms with Gasteiger partial charge in [0, 0.05) is 51.6 Å². The van der Waals surface area contributed by atoms with E-state index in [4.69, 9.17) is 4.74 Å². The molecule has 0 atom stereocenters. The Hall–Kier alpha value is -1.77. The highest BCUT2D eigenvalue weighted by Crippen LogP contribution is 2.27. The maximum absolute atomic E-state index is 6.14. The molecule has 0 saturated heterocycles. The Morgan fingerprint density at radius 3 is 2.66 bits per heavy atom. The van der Waals surface area contributed by atoms with Gasteiger partial charge in [-0.3, -0.25) is 9.67 Å². The van der Waals surface area contributed by atoms with Crippen molar-refractivity contribution in [2.75, 3.05) is 14.1 Å². The molecular weight excluding hydrogens is 477 g/mol. The lowest BCUT2D eigenvalue weighted by atomic mass is 9.96. The van der Waals surface area contributed by atoms with Crippen LogP contribution in [0, 0.1) is 0 Å². The Balaban J connectivity index is 0.00000300. The van der Waals surface area contributed by atoms with Crippen LogP contribution >= 0.6 is 24.0 Å². The molecule has 1 heterocycles. The third-order valence-corrected chi connectivity index (χ3v) is 5.22. The fourth-order valence-corrected chi connectivity index (χ4v) is 3.49. The monoisotopic (exact) mass is 511 g/mol. The van der Waals surface area contributed by atoms with Gasteiger partial charge in [-0.1, -0.05) is 32.0 Å². The van der Waals surface area contributed by atoms with E-state index in [0.29, 0.717) is 18.6 Å². The number of para-hydroxylation sites is 1. The molecular formula is C22H34IN5O. The van der Waals surface area contributed by atoms with Crippen LogP contribution in [-0.4, -0.2) is 40.8 Å². The third kappa shape index (κ3) is 6.10. The van der Waals surface area contributed by atoms with Crippen molar-refractivity contribution >= 4 is 29.9 Å². The quantitative estimate of drug-likeness (QED) is 0.342. The smallest absolute Gasteiger partial charge is 0.193 e. The van der Waals surface area contributed by atoms with Gasteiger partial charge in [-0.05, 0) is 31.2 Å². The minimum absolute atomic E-state index is 0. The maximum Gasteiger partial charge on any atom is 0.193 e. The Bertz CT molecular complexity index is 813. The number of hydrogen-bond donors (Lipinski definition) is 1. The van der Waals surface area contributed by atoms with Gasteiger partial charge in [0.15, 0.2) is 5.96 Å². The van der Waals surface area contributed by atoms with Gasteiger partial charge < -0.3 is 15.0 Å². The van der Waals surface area contributed by atoms with Crippen molar-refractivity contribution in [2.45, 2.75) is 58.2 Å². The molecule has 0 amide bonds. The summed E-state index contributed by atoms with van der Waals surface area (Å²) in [6.45, 7) is 5.81. The molecule has 0 spiro atoms. The van der Waals surface area contributed by atoms with Crippen LogP contribution in [0.2, 0.25) is 0 Å². The highest BCUT2D eigenvalue weighted by Gasteiger charge is 2.20. The molecule has 1 aromatic heterocycles. The average molecular weight is 511 g/mol. The van der Waals surface area contributed by atoms with E-state index >= 15 is 0 Å². The third-order valence-electron chi connectivity index (χ3n) is 5.22. The van der Waals surface area contributed by atoms with Crippen molar-refractivity contribution in [3.8, 4) is 5.75 Å². The number of nitrogens with one attached hydrogen (secondary N) is 1. The van der Waals surface area contributed by atoms with Gasteiger partial charge in [0.05, 0.1) is 11.8 Å². The van der Waals surface area contributed by atoms with Crippen LogP contribution in [0.1, 0.15) is 55.8 Å². The first-order chi connectivity index (χ1) is 13.5. The summed E-state index contributed by atoms with van der Waals surface area (Å²) in [4.78, 5) is 6.60. The van der Waals surface area contributed by atoms with Crippen LogP contribution in [0.5, 0.6) is 5.75 Å². The predicted octanol–water partition coefficient (Wildman–Crippen LogP) is 4.30. The van der Waals surface area contributed by atoms with Crippen LogP contribution in [0.4, 0.5) is 0 Å². The van der Waals surface area contributed by atoms with Crippen molar-refractivity contribution in [2.24, 2.45) is 12.0 Å². The number of aryl methyl sites for hydroxylation is 1. The number of benzene rings is 1. The second-order valence-corrected chi connectivity index (χ2v) is 7.90. The van der Waals surface area contributed by atoms with Crippen LogP contribution in [-0.2, 0) is 20.1 Å². The Kier molecular flexibility index (Phi) is 8.79. The summed E-state index contributed by atoms with van der Waals surface area (Å²) in [5.74, 6) is 2.24. The minimum atomic E-state index is 0. The molecule has 0 aliphatic heterocycles. The number of aromatic nitrogens is 2. The van der Waals surface area contributed by atoms with Crippen molar-refractivity contribution in [3.05, 3.63) is 47.3 Å². The molecule has 1 aliphatic carbocycles. The van der Waals surface area contributed by atoms with Gasteiger partial charge in [0.25, 0.3) is 0 Å². The van der Waals surface area contributed by atoms with Gasteiger partial charge in [-0.15, -0.1) is 24.0 Å². The van der Waals surface area contributed by atoms with Gasteiger partial charge in [0.1, 0.15) is 5.75 Å². The lowest BCUT2D eigenvalue weighted by molar-refractivity contribution is 0.119. The molecule has 1 saturated carbocycles. The molecule has 0 bridgehead atoms. The summed E-state index contributed by atoms with van der Waals surface area (Å²) in [6, 6.07) is 8.27. The molecule has 2 aromatic rings. The molecule has 1 aliphatic rings. The van der Waals surface area contributed by atoms with E-state index < -0.39 is 0 Å². The van der Waals surface area contributed by atoms with E-state index in [0.717, 1.165) is 42.4 Å². The number of guanidine groups is 1. The van der Waals surface area contributed by atoms with E-state index in [1.54, 1.807) is 0 Å². The summed E-state index contributed by atoms with van der Waals surface area (Å²) in [5, 5.41) is 8.09. The van der Waals surface area contributed by atoms with Crippen molar-refractivity contribution in [1.82, 2.24) is 20.0 Å². The molecule has 29 heavy (non-hydrogen) atoms. The fraction of sp³-hybridized carbons (Fsp3) is 0.545. The van der Waals surface area contributed by atoms with Crippen LogP contribution in [0.3, 0.4) is 0 Å². The normalized spacial score (nSPS) is 14.3. The standard InChI is InChI=1S/C22H33N5O.HI/c1-16(2)21-18(15-27(5)25-21)14-26(4)22(23-3)24-13-17-9-6-7-12-20(17)28-19-10-8-11-19;/h6-7,9,12,15-16,19H,8,10-11,13-14H2,1-5H3,(H,23,24);1H. The average Bonchev–Trinajstić information content (AvgIpc) is 3.00. The lowest BCUT2D eigenvalue weighted by Gasteiger charge is -2.28. The van der Waals surface area contributed by atoms with Crippen molar-refractivity contribution in [3.63, 3.8) is 0 Å². The maximum atomic E-state index is 6.14. The number of rotatable bonds is 7. The van der Waals surface area contributed by atoms with Crippen molar-refractivity contribution < 1.29 is 4.74 Å². The topological polar surface area (TPSA) is 54.7 Å². The fourth-order valence-electron chi connectivity index (χ4n) is 3.49. The first-order valence-corrected chi connectivity index (χ1v) is 10.2. The molecule has 1 aromatic carbocycles. The number of ether oxygens (including phenoxy) is 1. The molecule has 7 heteroatoms. The first kappa shape index (κ1) is 23.5. The first-order valence-electron chi connectivity index (χ1n) is 10.2. The van der Waals surface area contributed by atoms with E-state index in [1.165, 1.54) is 12.0 Å². The van der Waals surface area contributed by atoms with E-state index in [-0.39, 0.29) is 24.0 Å². The molecule has 0 unspecified atom stereocenters. The Labute approximate surface area is 191 Å². The van der Waals surface area contributed by atoms with Gasteiger partial charge in [-0.2, -0.15) is 5.10 Å². The van der Waals surface area contributed by atoms with Crippen LogP contribution < -0.4 is 10.1 Å². The Morgan fingerprint density at radius 2 is 2.03 bits per heavy atom. The number of halogens is 1. The number of hydrogen-bond acceptors (Lipinski definition) is 3.